The molecule has 2 heterocycles. The maximum Gasteiger partial charge on any atom is 0.238 e. The minimum Gasteiger partial charge on any atom is -0.325 e. The Bertz CT molecular complexity index is 821. The molecular formula is C21H26N4O2. The van der Waals surface area contributed by atoms with E-state index in [9.17, 15) is 9.59 Å². The lowest BCUT2D eigenvalue weighted by atomic mass is 9.97. The van der Waals surface area contributed by atoms with E-state index in [2.05, 4.69) is 15.6 Å². The van der Waals surface area contributed by atoms with Crippen molar-refractivity contribution < 1.29 is 9.59 Å². The summed E-state index contributed by atoms with van der Waals surface area (Å²) in [6, 6.07) is 13.3. The van der Waals surface area contributed by atoms with Crippen molar-refractivity contribution in [2.24, 2.45) is 5.92 Å². The van der Waals surface area contributed by atoms with Crippen molar-refractivity contribution in [2.75, 3.05) is 30.3 Å². The van der Waals surface area contributed by atoms with Crippen LogP contribution in [0.25, 0.3) is 0 Å². The zero-order chi connectivity index (χ0) is 19.2. The number of pyridine rings is 1. The second kappa shape index (κ2) is 8.77. The first kappa shape index (κ1) is 19.0. The van der Waals surface area contributed by atoms with Gasteiger partial charge in [0.1, 0.15) is 5.82 Å². The van der Waals surface area contributed by atoms with Crippen LogP contribution in [0.5, 0.6) is 0 Å². The summed E-state index contributed by atoms with van der Waals surface area (Å²) in [6.07, 6.45) is 1.73. The number of hydrogen-bond acceptors (Lipinski definition) is 4. The Labute approximate surface area is 160 Å². The maximum atomic E-state index is 12.6. The third-order valence-electron chi connectivity index (χ3n) is 4.68. The molecule has 0 radical (unpaired) electrons. The van der Waals surface area contributed by atoms with Gasteiger partial charge in [-0.05, 0) is 63.1 Å². The number of anilines is 2. The van der Waals surface area contributed by atoms with Gasteiger partial charge in [-0.15, -0.1) is 0 Å². The number of rotatable bonds is 5. The summed E-state index contributed by atoms with van der Waals surface area (Å²) in [5, 5.41) is 5.82. The van der Waals surface area contributed by atoms with Crippen molar-refractivity contribution in [1.82, 2.24) is 9.88 Å². The Morgan fingerprint density at radius 3 is 2.74 bits per heavy atom. The largest absolute Gasteiger partial charge is 0.325 e. The van der Waals surface area contributed by atoms with Crippen LogP contribution in [-0.2, 0) is 9.59 Å². The molecule has 3 rings (SSSR count). The molecule has 0 bridgehead atoms. The number of likely N-dealkylation sites (tertiary alicyclic amines) is 1. The van der Waals surface area contributed by atoms with Gasteiger partial charge in [-0.3, -0.25) is 14.5 Å². The van der Waals surface area contributed by atoms with Crippen LogP contribution >= 0.6 is 0 Å². The van der Waals surface area contributed by atoms with Crippen LogP contribution in [0.3, 0.4) is 0 Å². The second-order valence-electron chi connectivity index (χ2n) is 7.15. The van der Waals surface area contributed by atoms with E-state index in [0.717, 1.165) is 36.3 Å². The predicted molar refractivity (Wildman–Crippen MR) is 107 cm³/mol. The Morgan fingerprint density at radius 2 is 1.96 bits per heavy atom. The molecule has 0 aliphatic carbocycles. The highest BCUT2D eigenvalue weighted by Gasteiger charge is 2.27. The normalized spacial score (nSPS) is 17.3. The van der Waals surface area contributed by atoms with E-state index in [1.54, 1.807) is 6.07 Å². The number of nitrogens with zero attached hydrogens (tertiary/aromatic N) is 2. The van der Waals surface area contributed by atoms with Crippen LogP contribution in [-0.4, -0.2) is 41.3 Å². The molecule has 0 saturated carbocycles. The molecule has 1 fully saturated rings. The molecule has 2 N–H and O–H groups in total. The van der Waals surface area contributed by atoms with Crippen LogP contribution < -0.4 is 10.6 Å². The molecule has 6 heteroatoms. The van der Waals surface area contributed by atoms with Crippen LogP contribution in [0.4, 0.5) is 11.5 Å². The average Bonchev–Trinajstić information content (AvgIpc) is 2.62. The number of nitrogens with one attached hydrogen (secondary N) is 2. The fraction of sp³-hybridized carbons (Fsp3) is 0.381. The fourth-order valence-electron chi connectivity index (χ4n) is 3.38. The molecule has 1 aromatic heterocycles. The van der Waals surface area contributed by atoms with Crippen LogP contribution in [0.2, 0.25) is 0 Å². The molecule has 1 aliphatic heterocycles. The Kier molecular flexibility index (Phi) is 6.19. The zero-order valence-corrected chi connectivity index (χ0v) is 15.9. The number of aryl methyl sites for hydroxylation is 2. The molecule has 2 amide bonds. The lowest BCUT2D eigenvalue weighted by molar-refractivity contribution is -0.123. The van der Waals surface area contributed by atoms with Gasteiger partial charge >= 0.3 is 0 Å². The monoisotopic (exact) mass is 366 g/mol. The quantitative estimate of drug-likeness (QED) is 0.853. The number of piperidine rings is 1. The minimum atomic E-state index is -0.132. The smallest absolute Gasteiger partial charge is 0.238 e. The lowest BCUT2D eigenvalue weighted by Gasteiger charge is -2.31. The first-order chi connectivity index (χ1) is 13.0. The standard InChI is InChI=1S/C21H26N4O2/c1-15-6-3-9-18(12-15)23-20(26)14-25-11-5-8-17(13-25)21(27)24-19-10-4-7-16(2)22-19/h3-4,6-7,9-10,12,17H,5,8,11,13-14H2,1-2H3,(H,23,26)(H,22,24,27). The van der Waals surface area contributed by atoms with Crippen molar-refractivity contribution >= 4 is 23.3 Å². The Balaban J connectivity index is 1.52. The van der Waals surface area contributed by atoms with Crippen molar-refractivity contribution in [2.45, 2.75) is 26.7 Å². The van der Waals surface area contributed by atoms with E-state index in [1.807, 2.05) is 55.1 Å². The van der Waals surface area contributed by atoms with Crippen molar-refractivity contribution in [1.29, 1.82) is 0 Å². The highest BCUT2D eigenvalue weighted by Crippen LogP contribution is 2.18. The highest BCUT2D eigenvalue weighted by atomic mass is 16.2. The Hall–Kier alpha value is -2.73. The summed E-state index contributed by atoms with van der Waals surface area (Å²) in [5.74, 6) is 0.362. The predicted octanol–water partition coefficient (Wildman–Crippen LogP) is 2.99. The molecule has 6 nitrogen and oxygen atoms in total. The summed E-state index contributed by atoms with van der Waals surface area (Å²) in [6.45, 7) is 5.59. The first-order valence-electron chi connectivity index (χ1n) is 9.33. The van der Waals surface area contributed by atoms with E-state index >= 15 is 0 Å². The van der Waals surface area contributed by atoms with E-state index in [4.69, 9.17) is 0 Å². The molecule has 1 aromatic carbocycles. The van der Waals surface area contributed by atoms with Gasteiger partial charge in [0.05, 0.1) is 12.5 Å². The number of aromatic nitrogens is 1. The minimum absolute atomic E-state index is 0.0307. The van der Waals surface area contributed by atoms with Crippen LogP contribution in [0.15, 0.2) is 42.5 Å². The van der Waals surface area contributed by atoms with Crippen LogP contribution in [0.1, 0.15) is 24.1 Å². The number of hydrogen-bond donors (Lipinski definition) is 2. The van der Waals surface area contributed by atoms with E-state index in [1.165, 1.54) is 0 Å². The van der Waals surface area contributed by atoms with Gasteiger partial charge in [0.25, 0.3) is 0 Å². The van der Waals surface area contributed by atoms with Crippen molar-refractivity contribution in [3.63, 3.8) is 0 Å². The van der Waals surface area contributed by atoms with Gasteiger partial charge in [-0.25, -0.2) is 4.98 Å². The topological polar surface area (TPSA) is 74.3 Å². The summed E-state index contributed by atoms with van der Waals surface area (Å²) in [4.78, 5) is 31.3. The third kappa shape index (κ3) is 5.62. The molecule has 1 atom stereocenters. The van der Waals surface area contributed by atoms with Gasteiger partial charge in [0, 0.05) is 17.9 Å². The van der Waals surface area contributed by atoms with Crippen molar-refractivity contribution in [3.8, 4) is 0 Å². The molecule has 2 aromatic rings. The second-order valence-corrected chi connectivity index (χ2v) is 7.15. The highest BCUT2D eigenvalue weighted by molar-refractivity contribution is 5.93. The molecule has 1 saturated heterocycles. The van der Waals surface area contributed by atoms with Gasteiger partial charge in [-0.1, -0.05) is 18.2 Å². The summed E-state index contributed by atoms with van der Waals surface area (Å²) < 4.78 is 0. The number of amides is 2. The Morgan fingerprint density at radius 1 is 1.15 bits per heavy atom. The molecular weight excluding hydrogens is 340 g/mol. The third-order valence-corrected chi connectivity index (χ3v) is 4.68. The fourth-order valence-corrected chi connectivity index (χ4v) is 3.38. The first-order valence-corrected chi connectivity index (χ1v) is 9.33. The van der Waals surface area contributed by atoms with Gasteiger partial charge in [-0.2, -0.15) is 0 Å². The SMILES string of the molecule is Cc1cccc(NC(=O)CN2CCCC(C(=O)Nc3cccc(C)n3)C2)c1. The van der Waals surface area contributed by atoms with Gasteiger partial charge in [0.2, 0.25) is 11.8 Å². The molecule has 1 unspecified atom stereocenters. The van der Waals surface area contributed by atoms with Gasteiger partial charge in [0.15, 0.2) is 0 Å². The zero-order valence-electron chi connectivity index (χ0n) is 15.9. The maximum absolute atomic E-state index is 12.6. The van der Waals surface area contributed by atoms with E-state index < -0.39 is 0 Å². The summed E-state index contributed by atoms with van der Waals surface area (Å²) >= 11 is 0. The van der Waals surface area contributed by atoms with E-state index in [-0.39, 0.29) is 17.7 Å². The van der Waals surface area contributed by atoms with Crippen LogP contribution in [0, 0.1) is 19.8 Å². The number of benzene rings is 1. The van der Waals surface area contributed by atoms with Crippen molar-refractivity contribution in [3.05, 3.63) is 53.7 Å². The number of carbonyl (C=O) groups is 2. The summed E-state index contributed by atoms with van der Waals surface area (Å²) in [7, 11) is 0. The number of carbonyl (C=O) groups excluding carboxylic acids is 2. The summed E-state index contributed by atoms with van der Waals surface area (Å²) in [5.41, 5.74) is 2.77. The lowest BCUT2D eigenvalue weighted by Crippen LogP contribution is -2.44. The molecule has 1 aliphatic rings. The molecule has 27 heavy (non-hydrogen) atoms. The average molecular weight is 366 g/mol. The molecule has 0 spiro atoms. The van der Waals surface area contributed by atoms with Gasteiger partial charge < -0.3 is 10.6 Å². The van der Waals surface area contributed by atoms with E-state index in [0.29, 0.717) is 18.9 Å². The molecule has 142 valence electrons.